The highest BCUT2D eigenvalue weighted by Crippen LogP contribution is 2.24. The Kier molecular flexibility index (Phi) is 5.29. The summed E-state index contributed by atoms with van der Waals surface area (Å²) >= 11 is 0. The maximum absolute atomic E-state index is 12.1. The van der Waals surface area contributed by atoms with E-state index < -0.39 is 10.0 Å². The van der Waals surface area contributed by atoms with E-state index in [2.05, 4.69) is 22.4 Å². The van der Waals surface area contributed by atoms with Gasteiger partial charge in [-0.2, -0.15) is 0 Å². The van der Waals surface area contributed by atoms with Gasteiger partial charge in [-0.25, -0.2) is 17.7 Å². The molecular weight excluding hydrogens is 348 g/mol. The second-order valence-electron chi connectivity index (χ2n) is 6.59. The summed E-state index contributed by atoms with van der Waals surface area (Å²) < 4.78 is 25.3. The molecule has 26 heavy (non-hydrogen) atoms. The van der Waals surface area contributed by atoms with Gasteiger partial charge in [0.05, 0.1) is 11.4 Å². The molecule has 0 unspecified atom stereocenters. The van der Waals surface area contributed by atoms with Gasteiger partial charge in [0.25, 0.3) is 0 Å². The number of guanidine groups is 1. The van der Waals surface area contributed by atoms with Crippen molar-refractivity contribution >= 4 is 21.7 Å². The van der Waals surface area contributed by atoms with Crippen LogP contribution in [0.4, 0.5) is 5.69 Å². The second kappa shape index (κ2) is 7.47. The lowest BCUT2D eigenvalue weighted by Gasteiger charge is -2.11. The topological polar surface area (TPSA) is 87.8 Å². The van der Waals surface area contributed by atoms with Gasteiger partial charge in [0, 0.05) is 19.8 Å². The molecule has 0 atom stereocenters. The zero-order chi connectivity index (χ0) is 18.7. The molecule has 0 saturated heterocycles. The first kappa shape index (κ1) is 18.4. The van der Waals surface area contributed by atoms with E-state index in [1.165, 1.54) is 35.9 Å². The summed E-state index contributed by atoms with van der Waals surface area (Å²) in [6, 6.07) is 13.0. The van der Waals surface area contributed by atoms with E-state index in [1.54, 1.807) is 24.3 Å². The van der Waals surface area contributed by atoms with Gasteiger partial charge in [-0.15, -0.1) is 0 Å². The molecule has 0 bridgehead atoms. The molecule has 138 valence electrons. The van der Waals surface area contributed by atoms with Crippen molar-refractivity contribution < 1.29 is 8.42 Å². The standard InChI is InChI=1S/C19H24N4O2S/c1-23(2)26(24,25)18-10-6-14(7-11-18)13-21-19(20)22-17-9-8-15-4-3-5-16(15)12-17/h6-12H,3-5,13H2,1-2H3,(H3,20,21,22). The molecule has 7 heteroatoms. The van der Waals surface area contributed by atoms with Crippen molar-refractivity contribution in [2.45, 2.75) is 30.7 Å². The number of anilines is 1. The van der Waals surface area contributed by atoms with Gasteiger partial charge in [0.2, 0.25) is 10.0 Å². The van der Waals surface area contributed by atoms with Crippen LogP contribution >= 0.6 is 0 Å². The summed E-state index contributed by atoms with van der Waals surface area (Å²) in [5.74, 6) is 0.341. The number of fused-ring (bicyclic) bond motifs is 1. The number of hydrogen-bond donors (Lipinski definition) is 2. The third kappa shape index (κ3) is 4.05. The van der Waals surface area contributed by atoms with E-state index in [-0.39, 0.29) is 4.90 Å². The van der Waals surface area contributed by atoms with E-state index in [4.69, 9.17) is 5.73 Å². The number of sulfonamides is 1. The average molecular weight is 372 g/mol. The fourth-order valence-electron chi connectivity index (χ4n) is 2.99. The first-order chi connectivity index (χ1) is 12.4. The molecule has 0 spiro atoms. The van der Waals surface area contributed by atoms with Crippen molar-refractivity contribution in [1.82, 2.24) is 4.31 Å². The Morgan fingerprint density at radius 1 is 1.12 bits per heavy atom. The molecule has 3 rings (SSSR count). The molecule has 0 heterocycles. The van der Waals surface area contributed by atoms with Crippen LogP contribution in [-0.2, 0) is 29.4 Å². The van der Waals surface area contributed by atoms with Crippen LogP contribution in [0.15, 0.2) is 52.4 Å². The summed E-state index contributed by atoms with van der Waals surface area (Å²) in [5.41, 5.74) is 10.6. The maximum atomic E-state index is 12.1. The first-order valence-corrected chi connectivity index (χ1v) is 10.0. The Balaban J connectivity index is 1.64. The third-order valence-electron chi connectivity index (χ3n) is 4.50. The highest BCUT2D eigenvalue weighted by Gasteiger charge is 2.16. The molecular formula is C19H24N4O2S. The highest BCUT2D eigenvalue weighted by atomic mass is 32.2. The molecule has 0 amide bonds. The van der Waals surface area contributed by atoms with Gasteiger partial charge in [-0.3, -0.25) is 0 Å². The van der Waals surface area contributed by atoms with Crippen molar-refractivity contribution in [3.8, 4) is 0 Å². The molecule has 0 aromatic heterocycles. The minimum Gasteiger partial charge on any atom is -0.370 e. The predicted octanol–water partition coefficient (Wildman–Crippen LogP) is 2.35. The monoisotopic (exact) mass is 372 g/mol. The van der Waals surface area contributed by atoms with Gasteiger partial charge >= 0.3 is 0 Å². The van der Waals surface area contributed by atoms with Crippen molar-refractivity contribution in [3.05, 3.63) is 59.2 Å². The fraction of sp³-hybridized carbons (Fsp3) is 0.316. The van der Waals surface area contributed by atoms with Crippen molar-refractivity contribution in [2.75, 3.05) is 19.4 Å². The predicted molar refractivity (Wildman–Crippen MR) is 105 cm³/mol. The number of nitrogens with zero attached hydrogens (tertiary/aromatic N) is 2. The van der Waals surface area contributed by atoms with E-state index in [0.29, 0.717) is 12.5 Å². The molecule has 0 fully saturated rings. The van der Waals surface area contributed by atoms with Crippen LogP contribution in [-0.4, -0.2) is 32.8 Å². The highest BCUT2D eigenvalue weighted by molar-refractivity contribution is 7.89. The number of nitrogens with two attached hydrogens (primary N) is 1. The van der Waals surface area contributed by atoms with Gasteiger partial charge in [0.1, 0.15) is 0 Å². The number of nitrogens with one attached hydrogen (secondary N) is 1. The minimum atomic E-state index is -3.41. The van der Waals surface area contributed by atoms with Crippen LogP contribution in [0.3, 0.4) is 0 Å². The summed E-state index contributed by atoms with van der Waals surface area (Å²) in [6.45, 7) is 0.381. The number of hydrogen-bond acceptors (Lipinski definition) is 3. The Morgan fingerprint density at radius 3 is 2.50 bits per heavy atom. The molecule has 3 N–H and O–H groups in total. The van der Waals surface area contributed by atoms with Crippen LogP contribution in [0.1, 0.15) is 23.1 Å². The molecule has 2 aromatic carbocycles. The largest absolute Gasteiger partial charge is 0.370 e. The van der Waals surface area contributed by atoms with E-state index >= 15 is 0 Å². The van der Waals surface area contributed by atoms with E-state index in [1.807, 2.05) is 6.07 Å². The van der Waals surface area contributed by atoms with Crippen LogP contribution in [0.25, 0.3) is 0 Å². The minimum absolute atomic E-state index is 0.263. The summed E-state index contributed by atoms with van der Waals surface area (Å²) in [4.78, 5) is 4.60. The molecule has 2 aromatic rings. The molecule has 0 radical (unpaired) electrons. The zero-order valence-corrected chi connectivity index (χ0v) is 15.9. The maximum Gasteiger partial charge on any atom is 0.242 e. The van der Waals surface area contributed by atoms with Crippen molar-refractivity contribution in [2.24, 2.45) is 10.7 Å². The lowest BCUT2D eigenvalue weighted by molar-refractivity contribution is 0.520. The SMILES string of the molecule is CN(C)S(=O)(=O)c1ccc(CN=C(N)Nc2ccc3c(c2)CCC3)cc1. The van der Waals surface area contributed by atoms with Crippen LogP contribution in [0.2, 0.25) is 0 Å². The summed E-state index contributed by atoms with van der Waals surface area (Å²) in [5, 5.41) is 3.12. The number of rotatable bonds is 5. The van der Waals surface area contributed by atoms with E-state index in [0.717, 1.165) is 24.1 Å². The summed E-state index contributed by atoms with van der Waals surface area (Å²) in [6.07, 6.45) is 3.48. The molecule has 6 nitrogen and oxygen atoms in total. The lowest BCUT2D eigenvalue weighted by atomic mass is 10.1. The van der Waals surface area contributed by atoms with E-state index in [9.17, 15) is 8.42 Å². The van der Waals surface area contributed by atoms with Gasteiger partial charge in [-0.1, -0.05) is 18.2 Å². The Bertz CT molecular complexity index is 919. The quantitative estimate of drug-likeness (QED) is 0.623. The Hall–Kier alpha value is -2.38. The second-order valence-corrected chi connectivity index (χ2v) is 8.75. The third-order valence-corrected chi connectivity index (χ3v) is 6.33. The lowest BCUT2D eigenvalue weighted by Crippen LogP contribution is -2.23. The average Bonchev–Trinajstić information content (AvgIpc) is 3.08. The van der Waals surface area contributed by atoms with Crippen LogP contribution in [0, 0.1) is 0 Å². The Morgan fingerprint density at radius 2 is 1.81 bits per heavy atom. The van der Waals surface area contributed by atoms with Gasteiger partial charge < -0.3 is 11.1 Å². The van der Waals surface area contributed by atoms with Crippen LogP contribution < -0.4 is 11.1 Å². The first-order valence-electron chi connectivity index (χ1n) is 8.56. The fourth-order valence-corrected chi connectivity index (χ4v) is 3.89. The normalized spacial score (nSPS) is 14.5. The number of benzene rings is 2. The van der Waals surface area contributed by atoms with Gasteiger partial charge in [0.15, 0.2) is 5.96 Å². The van der Waals surface area contributed by atoms with Crippen molar-refractivity contribution in [1.29, 1.82) is 0 Å². The van der Waals surface area contributed by atoms with Crippen LogP contribution in [0.5, 0.6) is 0 Å². The molecule has 0 aliphatic heterocycles. The molecule has 1 aliphatic carbocycles. The summed E-state index contributed by atoms with van der Waals surface area (Å²) in [7, 11) is -0.385. The molecule has 1 aliphatic rings. The zero-order valence-electron chi connectivity index (χ0n) is 15.1. The number of aliphatic imine (C=N–C) groups is 1. The Labute approximate surface area is 154 Å². The smallest absolute Gasteiger partial charge is 0.242 e. The molecule has 0 saturated carbocycles. The van der Waals surface area contributed by atoms with Crippen molar-refractivity contribution in [3.63, 3.8) is 0 Å². The van der Waals surface area contributed by atoms with Gasteiger partial charge in [-0.05, 0) is 60.2 Å². The number of aryl methyl sites for hydroxylation is 2.